The van der Waals surface area contributed by atoms with Crippen LogP contribution in [0.1, 0.15) is 11.7 Å². The third-order valence-corrected chi connectivity index (χ3v) is 4.85. The van der Waals surface area contributed by atoms with Crippen molar-refractivity contribution in [1.29, 1.82) is 0 Å². The molecule has 2 aromatic carbocycles. The van der Waals surface area contributed by atoms with Crippen LogP contribution in [0.4, 0.5) is 18.9 Å². The smallest absolute Gasteiger partial charge is 0.388 e. The SMILES string of the molecule is CS(=O)(=O)Nc1cc([C@@H](O)CNCCOc2ccc3c(OC(F)F)n[nH]c3c2)ccc1F. The predicted octanol–water partition coefficient (Wildman–Crippen LogP) is 2.38. The highest BCUT2D eigenvalue weighted by Crippen LogP contribution is 2.27. The zero-order valence-electron chi connectivity index (χ0n) is 16.8. The Bertz CT molecular complexity index is 1170. The molecule has 0 saturated heterocycles. The predicted molar refractivity (Wildman–Crippen MR) is 111 cm³/mol. The standard InChI is InChI=1S/C19H21F3N4O5S/c1-32(28,29)26-16-8-11(2-5-14(16)20)17(27)10-23-6-7-30-12-3-4-13-15(9-12)24-25-18(13)31-19(21)22/h2-5,8-9,17,19,23,26-27H,6-7,10H2,1H3,(H,24,25)/t17-/m0/s1. The summed E-state index contributed by atoms with van der Waals surface area (Å²) in [6.45, 7) is -2.28. The fourth-order valence-corrected chi connectivity index (χ4v) is 3.42. The van der Waals surface area contributed by atoms with Gasteiger partial charge < -0.3 is 19.9 Å². The first kappa shape index (κ1) is 23.6. The molecule has 0 bridgehead atoms. The monoisotopic (exact) mass is 474 g/mol. The van der Waals surface area contributed by atoms with Crippen molar-refractivity contribution in [3.8, 4) is 11.6 Å². The molecule has 174 valence electrons. The van der Waals surface area contributed by atoms with E-state index in [0.717, 1.165) is 12.3 Å². The summed E-state index contributed by atoms with van der Waals surface area (Å²) in [5.74, 6) is -0.482. The second kappa shape index (κ2) is 10.1. The van der Waals surface area contributed by atoms with Crippen molar-refractivity contribution in [2.75, 3.05) is 30.7 Å². The highest BCUT2D eigenvalue weighted by atomic mass is 32.2. The molecule has 1 aromatic heterocycles. The van der Waals surface area contributed by atoms with Crippen LogP contribution in [-0.4, -0.2) is 56.3 Å². The molecule has 4 N–H and O–H groups in total. The molecule has 13 heteroatoms. The Morgan fingerprint density at radius 3 is 2.72 bits per heavy atom. The summed E-state index contributed by atoms with van der Waals surface area (Å²) < 4.78 is 73.0. The molecule has 0 fully saturated rings. The molecule has 0 amide bonds. The lowest BCUT2D eigenvalue weighted by molar-refractivity contribution is -0.0518. The number of aromatic amines is 1. The van der Waals surface area contributed by atoms with Gasteiger partial charge in [-0.05, 0) is 29.8 Å². The van der Waals surface area contributed by atoms with E-state index in [2.05, 4.69) is 25.0 Å². The first-order valence-corrected chi connectivity index (χ1v) is 11.2. The Balaban J connectivity index is 1.48. The Kier molecular flexibility index (Phi) is 7.43. The van der Waals surface area contributed by atoms with E-state index in [9.17, 15) is 26.7 Å². The third kappa shape index (κ3) is 6.48. The number of benzene rings is 2. The zero-order valence-corrected chi connectivity index (χ0v) is 17.6. The van der Waals surface area contributed by atoms with Crippen molar-refractivity contribution in [3.05, 3.63) is 47.8 Å². The average molecular weight is 474 g/mol. The van der Waals surface area contributed by atoms with Gasteiger partial charge in [-0.3, -0.25) is 9.82 Å². The Hall–Kier alpha value is -3.03. The average Bonchev–Trinajstić information content (AvgIpc) is 3.09. The van der Waals surface area contributed by atoms with E-state index in [0.29, 0.717) is 28.8 Å². The summed E-state index contributed by atoms with van der Waals surface area (Å²) >= 11 is 0. The number of sulfonamides is 1. The van der Waals surface area contributed by atoms with Crippen molar-refractivity contribution < 1.29 is 36.2 Å². The van der Waals surface area contributed by atoms with Crippen molar-refractivity contribution in [2.45, 2.75) is 12.7 Å². The second-order valence-electron chi connectivity index (χ2n) is 6.80. The lowest BCUT2D eigenvalue weighted by Gasteiger charge is -2.14. The molecule has 0 unspecified atom stereocenters. The van der Waals surface area contributed by atoms with Crippen LogP contribution in [0.25, 0.3) is 10.9 Å². The molecule has 1 atom stereocenters. The van der Waals surface area contributed by atoms with Gasteiger partial charge in [0.25, 0.3) is 0 Å². The number of fused-ring (bicyclic) bond motifs is 1. The fraction of sp³-hybridized carbons (Fsp3) is 0.316. The number of aromatic nitrogens is 2. The first-order valence-electron chi connectivity index (χ1n) is 9.34. The van der Waals surface area contributed by atoms with Gasteiger partial charge in [0.2, 0.25) is 15.9 Å². The van der Waals surface area contributed by atoms with E-state index in [1.165, 1.54) is 12.1 Å². The minimum Gasteiger partial charge on any atom is -0.492 e. The zero-order chi connectivity index (χ0) is 23.3. The molecule has 0 aliphatic carbocycles. The molecular weight excluding hydrogens is 453 g/mol. The van der Waals surface area contributed by atoms with Crippen molar-refractivity contribution in [1.82, 2.24) is 15.5 Å². The molecule has 3 aromatic rings. The number of aliphatic hydroxyl groups is 1. The van der Waals surface area contributed by atoms with Gasteiger partial charge in [-0.1, -0.05) is 6.07 Å². The highest BCUT2D eigenvalue weighted by molar-refractivity contribution is 7.92. The number of nitrogens with zero attached hydrogens (tertiary/aromatic N) is 1. The van der Waals surface area contributed by atoms with Gasteiger partial charge in [0.1, 0.15) is 18.2 Å². The molecule has 0 radical (unpaired) electrons. The van der Waals surface area contributed by atoms with Crippen LogP contribution in [-0.2, 0) is 10.0 Å². The van der Waals surface area contributed by atoms with E-state index < -0.39 is 28.6 Å². The van der Waals surface area contributed by atoms with E-state index in [1.54, 1.807) is 18.2 Å². The van der Waals surface area contributed by atoms with E-state index >= 15 is 0 Å². The van der Waals surface area contributed by atoms with Crippen LogP contribution in [0, 0.1) is 5.82 Å². The van der Waals surface area contributed by atoms with Crippen molar-refractivity contribution >= 4 is 26.6 Å². The maximum absolute atomic E-state index is 13.7. The summed E-state index contributed by atoms with van der Waals surface area (Å²) in [5.41, 5.74) is 0.553. The minimum atomic E-state index is -3.66. The van der Waals surface area contributed by atoms with E-state index in [-0.39, 0.29) is 24.7 Å². The van der Waals surface area contributed by atoms with Gasteiger partial charge in [0.15, 0.2) is 0 Å². The number of hydrogen-bond acceptors (Lipinski definition) is 7. The van der Waals surface area contributed by atoms with Crippen molar-refractivity contribution in [2.24, 2.45) is 0 Å². The van der Waals surface area contributed by atoms with Crippen LogP contribution in [0.5, 0.6) is 11.6 Å². The molecule has 0 saturated carbocycles. The van der Waals surface area contributed by atoms with Gasteiger partial charge in [0, 0.05) is 19.2 Å². The summed E-state index contributed by atoms with van der Waals surface area (Å²) in [5, 5.41) is 19.9. The van der Waals surface area contributed by atoms with E-state index in [4.69, 9.17) is 4.74 Å². The third-order valence-electron chi connectivity index (χ3n) is 4.26. The fourth-order valence-electron chi connectivity index (χ4n) is 2.86. The van der Waals surface area contributed by atoms with Crippen molar-refractivity contribution in [3.63, 3.8) is 0 Å². The Morgan fingerprint density at radius 1 is 1.22 bits per heavy atom. The highest BCUT2D eigenvalue weighted by Gasteiger charge is 2.14. The van der Waals surface area contributed by atoms with Crippen LogP contribution >= 0.6 is 0 Å². The lowest BCUT2D eigenvalue weighted by atomic mass is 10.1. The summed E-state index contributed by atoms with van der Waals surface area (Å²) in [4.78, 5) is 0. The molecule has 0 aliphatic rings. The summed E-state index contributed by atoms with van der Waals surface area (Å²) in [7, 11) is -3.66. The van der Waals surface area contributed by atoms with E-state index in [1.807, 2.05) is 0 Å². The number of alkyl halides is 2. The van der Waals surface area contributed by atoms with Gasteiger partial charge in [-0.15, -0.1) is 5.10 Å². The topological polar surface area (TPSA) is 126 Å². The summed E-state index contributed by atoms with van der Waals surface area (Å²) in [6, 6.07) is 8.37. The van der Waals surface area contributed by atoms with Gasteiger partial charge >= 0.3 is 6.61 Å². The molecule has 32 heavy (non-hydrogen) atoms. The minimum absolute atomic E-state index is 0.112. The quantitative estimate of drug-likeness (QED) is 0.315. The normalized spacial score (nSPS) is 12.8. The Morgan fingerprint density at radius 2 is 2.00 bits per heavy atom. The maximum atomic E-state index is 13.7. The number of anilines is 1. The number of nitrogens with one attached hydrogen (secondary N) is 3. The molecule has 0 spiro atoms. The van der Waals surface area contributed by atoms with Crippen LogP contribution in [0.2, 0.25) is 0 Å². The molecule has 9 nitrogen and oxygen atoms in total. The number of hydrogen-bond donors (Lipinski definition) is 4. The molecule has 1 heterocycles. The second-order valence-corrected chi connectivity index (χ2v) is 8.55. The van der Waals surface area contributed by atoms with Crippen LogP contribution in [0.15, 0.2) is 36.4 Å². The lowest BCUT2D eigenvalue weighted by Crippen LogP contribution is -2.26. The molecule has 3 rings (SSSR count). The number of aliphatic hydroxyl groups excluding tert-OH is 1. The van der Waals surface area contributed by atoms with Crippen LogP contribution < -0.4 is 19.5 Å². The van der Waals surface area contributed by atoms with Gasteiger partial charge in [-0.25, -0.2) is 12.8 Å². The largest absolute Gasteiger partial charge is 0.492 e. The van der Waals surface area contributed by atoms with Gasteiger partial charge in [0.05, 0.1) is 29.0 Å². The first-order chi connectivity index (χ1) is 15.1. The van der Waals surface area contributed by atoms with Crippen LogP contribution in [0.3, 0.4) is 0 Å². The molecular formula is C19H21F3N4O5S. The number of rotatable bonds is 11. The summed E-state index contributed by atoms with van der Waals surface area (Å²) in [6.07, 6.45) is -0.109. The number of H-pyrrole nitrogens is 1. The number of ether oxygens (including phenoxy) is 2. The van der Waals surface area contributed by atoms with Gasteiger partial charge in [-0.2, -0.15) is 8.78 Å². The maximum Gasteiger partial charge on any atom is 0.388 e. The molecule has 0 aliphatic heterocycles. The Labute approximate surface area is 181 Å². The number of halogens is 3.